The number of hydrogen-bond donors (Lipinski definition) is 0. The zero-order valence-corrected chi connectivity index (χ0v) is 7.94. The average Bonchev–Trinajstić information content (AvgIpc) is 2.64. The SMILES string of the molecule is C.Cc1cc(C)on1.Cc1ccon1. The van der Waals surface area contributed by atoms with E-state index in [0.717, 1.165) is 17.1 Å². The molecule has 0 aliphatic carbocycles. The molecule has 4 heteroatoms. The predicted molar refractivity (Wildman–Crippen MR) is 53.9 cm³/mol. The molecular weight excluding hydrogens is 180 g/mol. The van der Waals surface area contributed by atoms with Crippen molar-refractivity contribution in [3.8, 4) is 0 Å². The summed E-state index contributed by atoms with van der Waals surface area (Å²) in [5.41, 5.74) is 1.87. The summed E-state index contributed by atoms with van der Waals surface area (Å²) < 4.78 is 9.18. The molecule has 0 fully saturated rings. The predicted octanol–water partition coefficient (Wildman–Crippen LogP) is 2.91. The van der Waals surface area contributed by atoms with Crippen LogP contribution in [0, 0.1) is 20.8 Å². The van der Waals surface area contributed by atoms with E-state index < -0.39 is 0 Å². The van der Waals surface area contributed by atoms with E-state index in [4.69, 9.17) is 4.52 Å². The highest BCUT2D eigenvalue weighted by Gasteiger charge is 1.88. The Hall–Kier alpha value is -1.58. The minimum atomic E-state index is 0. The molecule has 0 saturated heterocycles. The summed E-state index contributed by atoms with van der Waals surface area (Å²) in [7, 11) is 0. The lowest BCUT2D eigenvalue weighted by atomic mass is 10.4. The van der Waals surface area contributed by atoms with Gasteiger partial charge in [0.25, 0.3) is 0 Å². The van der Waals surface area contributed by atoms with Crippen LogP contribution in [0.25, 0.3) is 0 Å². The summed E-state index contributed by atoms with van der Waals surface area (Å²) in [4.78, 5) is 0. The molecule has 2 rings (SSSR count). The van der Waals surface area contributed by atoms with Gasteiger partial charge in [-0.3, -0.25) is 0 Å². The molecule has 0 aliphatic heterocycles. The van der Waals surface area contributed by atoms with Crippen LogP contribution in [0.1, 0.15) is 24.6 Å². The fourth-order valence-corrected chi connectivity index (χ4v) is 0.764. The molecule has 0 amide bonds. The van der Waals surface area contributed by atoms with E-state index in [1.165, 1.54) is 0 Å². The monoisotopic (exact) mass is 196 g/mol. The maximum absolute atomic E-state index is 4.71. The summed E-state index contributed by atoms with van der Waals surface area (Å²) in [6.07, 6.45) is 1.55. The van der Waals surface area contributed by atoms with Crippen LogP contribution in [-0.4, -0.2) is 10.3 Å². The Balaban J connectivity index is 0.000000227. The Morgan fingerprint density at radius 2 is 1.79 bits per heavy atom. The Morgan fingerprint density at radius 3 is 1.93 bits per heavy atom. The van der Waals surface area contributed by atoms with Gasteiger partial charge in [-0.2, -0.15) is 0 Å². The molecule has 0 aliphatic rings. The van der Waals surface area contributed by atoms with Crippen LogP contribution >= 0.6 is 0 Å². The van der Waals surface area contributed by atoms with Crippen molar-refractivity contribution in [2.24, 2.45) is 0 Å². The topological polar surface area (TPSA) is 52.1 Å². The molecular formula is C10H16N2O2. The first-order valence-electron chi connectivity index (χ1n) is 3.95. The van der Waals surface area contributed by atoms with Crippen molar-refractivity contribution in [3.63, 3.8) is 0 Å². The summed E-state index contributed by atoms with van der Waals surface area (Å²) >= 11 is 0. The number of hydrogen-bond acceptors (Lipinski definition) is 4. The minimum Gasteiger partial charge on any atom is -0.365 e. The molecule has 0 aromatic carbocycles. The fourth-order valence-electron chi connectivity index (χ4n) is 0.764. The van der Waals surface area contributed by atoms with Crippen LogP contribution < -0.4 is 0 Å². The van der Waals surface area contributed by atoms with Crippen LogP contribution in [0.5, 0.6) is 0 Å². The maximum atomic E-state index is 4.71. The first-order valence-corrected chi connectivity index (χ1v) is 3.95. The van der Waals surface area contributed by atoms with Crippen LogP contribution in [0.2, 0.25) is 0 Å². The fraction of sp³-hybridized carbons (Fsp3) is 0.400. The number of aromatic nitrogens is 2. The van der Waals surface area contributed by atoms with Crippen molar-refractivity contribution in [2.45, 2.75) is 28.2 Å². The molecule has 0 N–H and O–H groups in total. The minimum absolute atomic E-state index is 0. The van der Waals surface area contributed by atoms with Gasteiger partial charge in [0, 0.05) is 12.1 Å². The molecule has 0 spiro atoms. The maximum Gasteiger partial charge on any atom is 0.133 e. The Morgan fingerprint density at radius 1 is 1.07 bits per heavy atom. The van der Waals surface area contributed by atoms with Crippen LogP contribution in [0.15, 0.2) is 27.4 Å². The first-order chi connectivity index (χ1) is 6.18. The van der Waals surface area contributed by atoms with Gasteiger partial charge in [0.2, 0.25) is 0 Å². The normalized spacial score (nSPS) is 8.50. The van der Waals surface area contributed by atoms with E-state index in [9.17, 15) is 0 Å². The summed E-state index contributed by atoms with van der Waals surface area (Å²) in [5, 5.41) is 7.18. The zero-order chi connectivity index (χ0) is 9.68. The van der Waals surface area contributed by atoms with Gasteiger partial charge < -0.3 is 9.05 Å². The Bertz CT molecular complexity index is 322. The van der Waals surface area contributed by atoms with E-state index in [0.29, 0.717) is 0 Å². The summed E-state index contributed by atoms with van der Waals surface area (Å²) in [6, 6.07) is 3.69. The smallest absolute Gasteiger partial charge is 0.133 e. The summed E-state index contributed by atoms with van der Waals surface area (Å²) in [6.45, 7) is 5.65. The van der Waals surface area contributed by atoms with Gasteiger partial charge in [0.15, 0.2) is 0 Å². The summed E-state index contributed by atoms with van der Waals surface area (Å²) in [5.74, 6) is 0.873. The highest BCUT2D eigenvalue weighted by Crippen LogP contribution is 1.97. The standard InChI is InChI=1S/C5H7NO.C4H5NO.CH4/c1-4-3-5(2)7-6-4;1-4-2-3-6-5-4;/h3H,1-2H3;2-3H,1H3;1H4. The van der Waals surface area contributed by atoms with E-state index in [1.54, 1.807) is 12.3 Å². The lowest BCUT2D eigenvalue weighted by Gasteiger charge is -1.65. The second kappa shape index (κ2) is 5.96. The van der Waals surface area contributed by atoms with Gasteiger partial charge in [-0.25, -0.2) is 0 Å². The van der Waals surface area contributed by atoms with Crippen molar-refractivity contribution < 1.29 is 9.05 Å². The van der Waals surface area contributed by atoms with E-state index >= 15 is 0 Å². The van der Waals surface area contributed by atoms with Gasteiger partial charge in [-0.15, -0.1) is 0 Å². The molecule has 4 nitrogen and oxygen atoms in total. The van der Waals surface area contributed by atoms with E-state index in [1.807, 2.05) is 26.8 Å². The molecule has 0 unspecified atom stereocenters. The Labute approximate surface area is 83.9 Å². The first kappa shape index (κ1) is 12.4. The van der Waals surface area contributed by atoms with E-state index in [2.05, 4.69) is 14.8 Å². The lowest BCUT2D eigenvalue weighted by Crippen LogP contribution is -1.59. The molecule has 2 aromatic heterocycles. The van der Waals surface area contributed by atoms with Crippen LogP contribution in [0.3, 0.4) is 0 Å². The molecule has 0 radical (unpaired) electrons. The molecule has 14 heavy (non-hydrogen) atoms. The zero-order valence-electron chi connectivity index (χ0n) is 7.94. The van der Waals surface area contributed by atoms with Crippen molar-refractivity contribution in [3.05, 3.63) is 35.5 Å². The number of rotatable bonds is 0. The van der Waals surface area contributed by atoms with Gasteiger partial charge >= 0.3 is 0 Å². The third kappa shape index (κ3) is 4.45. The van der Waals surface area contributed by atoms with Crippen molar-refractivity contribution in [1.82, 2.24) is 10.3 Å². The average molecular weight is 196 g/mol. The third-order valence-corrected chi connectivity index (χ3v) is 1.31. The van der Waals surface area contributed by atoms with Crippen molar-refractivity contribution in [1.29, 1.82) is 0 Å². The highest BCUT2D eigenvalue weighted by molar-refractivity contribution is 4.99. The molecule has 2 aromatic rings. The third-order valence-electron chi connectivity index (χ3n) is 1.31. The van der Waals surface area contributed by atoms with Gasteiger partial charge in [-0.05, 0) is 20.8 Å². The van der Waals surface area contributed by atoms with E-state index in [-0.39, 0.29) is 7.43 Å². The van der Waals surface area contributed by atoms with Crippen molar-refractivity contribution in [2.75, 3.05) is 0 Å². The molecule has 2 heterocycles. The number of aryl methyl sites for hydroxylation is 3. The largest absolute Gasteiger partial charge is 0.365 e. The lowest BCUT2D eigenvalue weighted by molar-refractivity contribution is 0.393. The van der Waals surface area contributed by atoms with Gasteiger partial charge in [0.05, 0.1) is 11.4 Å². The van der Waals surface area contributed by atoms with Crippen LogP contribution in [0.4, 0.5) is 0 Å². The van der Waals surface area contributed by atoms with Crippen molar-refractivity contribution >= 4 is 0 Å². The molecule has 0 bridgehead atoms. The Kier molecular flexibility index (Phi) is 5.29. The van der Waals surface area contributed by atoms with Gasteiger partial charge in [0.1, 0.15) is 12.0 Å². The van der Waals surface area contributed by atoms with Gasteiger partial charge in [-0.1, -0.05) is 17.7 Å². The molecule has 0 atom stereocenters. The highest BCUT2D eigenvalue weighted by atomic mass is 16.5. The number of nitrogens with zero attached hydrogens (tertiary/aromatic N) is 2. The van der Waals surface area contributed by atoms with Crippen LogP contribution in [-0.2, 0) is 0 Å². The molecule has 78 valence electrons. The second-order valence-electron chi connectivity index (χ2n) is 2.72. The molecule has 0 saturated carbocycles. The quantitative estimate of drug-likeness (QED) is 0.650. The second-order valence-corrected chi connectivity index (χ2v) is 2.72.